The molecule has 1 amide bonds. The highest BCUT2D eigenvalue weighted by atomic mass is 35.5. The number of anilines is 2. The molecular formula is C23H25ClFN5O2. The molecule has 4 rings (SSSR count). The predicted octanol–water partition coefficient (Wildman–Crippen LogP) is 3.65. The smallest absolute Gasteiger partial charge is 0.238 e. The first-order chi connectivity index (χ1) is 15.5. The summed E-state index contributed by atoms with van der Waals surface area (Å²) in [6.07, 6.45) is 1.57. The van der Waals surface area contributed by atoms with Crippen LogP contribution in [0.25, 0.3) is 11.3 Å². The molecule has 1 aromatic heterocycles. The summed E-state index contributed by atoms with van der Waals surface area (Å²) in [6.45, 7) is 2.96. The molecule has 2 heterocycles. The minimum absolute atomic E-state index is 0.114. The number of benzene rings is 2. The zero-order valence-electron chi connectivity index (χ0n) is 18.0. The van der Waals surface area contributed by atoms with E-state index in [-0.39, 0.29) is 18.3 Å². The number of halogens is 2. The van der Waals surface area contributed by atoms with Crippen molar-refractivity contribution >= 4 is 28.9 Å². The molecule has 0 bridgehead atoms. The average molecular weight is 458 g/mol. The van der Waals surface area contributed by atoms with Gasteiger partial charge in [-0.15, -0.1) is 0 Å². The van der Waals surface area contributed by atoms with Crippen LogP contribution in [0.15, 0.2) is 48.7 Å². The maximum absolute atomic E-state index is 14.0. The van der Waals surface area contributed by atoms with Crippen molar-refractivity contribution in [3.63, 3.8) is 0 Å². The van der Waals surface area contributed by atoms with E-state index in [1.54, 1.807) is 49.3 Å². The van der Waals surface area contributed by atoms with E-state index in [0.29, 0.717) is 54.0 Å². The van der Waals surface area contributed by atoms with E-state index in [0.717, 1.165) is 5.56 Å². The van der Waals surface area contributed by atoms with Gasteiger partial charge in [0.1, 0.15) is 11.6 Å². The zero-order chi connectivity index (χ0) is 22.7. The van der Waals surface area contributed by atoms with E-state index in [9.17, 15) is 9.18 Å². The number of nitrogens with one attached hydrogen (secondary N) is 1. The van der Waals surface area contributed by atoms with Gasteiger partial charge in [-0.1, -0.05) is 23.7 Å². The zero-order valence-corrected chi connectivity index (χ0v) is 18.8. The average Bonchev–Trinajstić information content (AvgIpc) is 3.12. The topological polar surface area (TPSA) is 62.6 Å². The second-order valence-corrected chi connectivity index (χ2v) is 8.05. The Morgan fingerprint density at radius 1 is 1.19 bits per heavy atom. The van der Waals surface area contributed by atoms with Crippen molar-refractivity contribution in [2.24, 2.45) is 7.05 Å². The van der Waals surface area contributed by atoms with Gasteiger partial charge in [0.15, 0.2) is 0 Å². The molecule has 168 valence electrons. The van der Waals surface area contributed by atoms with Crippen molar-refractivity contribution in [3.8, 4) is 17.0 Å². The summed E-state index contributed by atoms with van der Waals surface area (Å²) >= 11 is 6.30. The van der Waals surface area contributed by atoms with E-state index in [1.807, 2.05) is 17.0 Å². The van der Waals surface area contributed by atoms with Crippen molar-refractivity contribution < 1.29 is 13.9 Å². The Labute approximate surface area is 191 Å². The number of hydrogen-bond donors (Lipinski definition) is 1. The van der Waals surface area contributed by atoms with Crippen LogP contribution in [-0.2, 0) is 11.8 Å². The molecule has 0 unspecified atom stereocenters. The van der Waals surface area contributed by atoms with Gasteiger partial charge in [0.2, 0.25) is 5.91 Å². The first kappa shape index (κ1) is 22.1. The third-order valence-corrected chi connectivity index (χ3v) is 5.84. The number of ether oxygens (including phenoxy) is 1. The SMILES string of the molecule is COc1ccc(NC(=O)CN2CCN(c3ccccc3F)CC2)cc1-c1c(Cl)cnn1C. The van der Waals surface area contributed by atoms with Gasteiger partial charge in [-0.25, -0.2) is 4.39 Å². The number of rotatable bonds is 6. The summed E-state index contributed by atoms with van der Waals surface area (Å²) in [5.41, 5.74) is 2.71. The van der Waals surface area contributed by atoms with Crippen molar-refractivity contribution in [1.82, 2.24) is 14.7 Å². The highest BCUT2D eigenvalue weighted by Gasteiger charge is 2.21. The number of aromatic nitrogens is 2. The molecule has 2 aromatic carbocycles. The molecular weight excluding hydrogens is 433 g/mol. The third kappa shape index (κ3) is 4.71. The van der Waals surface area contributed by atoms with E-state index in [1.165, 1.54) is 6.07 Å². The molecule has 3 aromatic rings. The fourth-order valence-corrected chi connectivity index (χ4v) is 4.21. The molecule has 32 heavy (non-hydrogen) atoms. The summed E-state index contributed by atoms with van der Waals surface area (Å²) in [5.74, 6) is 0.303. The third-order valence-electron chi connectivity index (χ3n) is 5.57. The summed E-state index contributed by atoms with van der Waals surface area (Å²) in [7, 11) is 3.38. The maximum Gasteiger partial charge on any atom is 0.238 e. The molecule has 1 saturated heterocycles. The van der Waals surface area contributed by atoms with Crippen LogP contribution in [0.5, 0.6) is 5.75 Å². The number of aryl methyl sites for hydroxylation is 1. The largest absolute Gasteiger partial charge is 0.496 e. The van der Waals surface area contributed by atoms with Crippen LogP contribution < -0.4 is 15.0 Å². The van der Waals surface area contributed by atoms with Crippen LogP contribution >= 0.6 is 11.6 Å². The van der Waals surface area contributed by atoms with Gasteiger partial charge in [0, 0.05) is 44.5 Å². The van der Waals surface area contributed by atoms with Crippen molar-refractivity contribution in [3.05, 3.63) is 59.5 Å². The second-order valence-electron chi connectivity index (χ2n) is 7.64. The standard InChI is InChI=1S/C23H25ClFN5O2/c1-28-23(18(24)14-26-28)17-13-16(7-8-21(17)32-2)27-22(31)15-29-9-11-30(12-10-29)20-6-4-3-5-19(20)25/h3-8,13-14H,9-12,15H2,1-2H3,(H,27,31). The van der Waals surface area contributed by atoms with Gasteiger partial charge in [-0.3, -0.25) is 14.4 Å². The van der Waals surface area contributed by atoms with Crippen LogP contribution in [0.2, 0.25) is 5.02 Å². The molecule has 1 N–H and O–H groups in total. The Hall–Kier alpha value is -3.10. The molecule has 0 aliphatic carbocycles. The normalized spacial score (nSPS) is 14.4. The number of amides is 1. The second kappa shape index (κ2) is 9.58. The Morgan fingerprint density at radius 3 is 2.59 bits per heavy atom. The van der Waals surface area contributed by atoms with Crippen LogP contribution in [0.4, 0.5) is 15.8 Å². The number of para-hydroxylation sites is 1. The minimum atomic E-state index is -0.220. The van der Waals surface area contributed by atoms with Gasteiger partial charge in [0.25, 0.3) is 0 Å². The molecule has 1 aliphatic rings. The van der Waals surface area contributed by atoms with E-state index in [2.05, 4.69) is 15.3 Å². The summed E-state index contributed by atoms with van der Waals surface area (Å²) in [4.78, 5) is 16.7. The summed E-state index contributed by atoms with van der Waals surface area (Å²) in [6, 6.07) is 12.2. The number of methoxy groups -OCH3 is 1. The van der Waals surface area contributed by atoms with Crippen LogP contribution in [0.3, 0.4) is 0 Å². The molecule has 0 atom stereocenters. The van der Waals surface area contributed by atoms with E-state index in [4.69, 9.17) is 16.3 Å². The lowest BCUT2D eigenvalue weighted by atomic mass is 10.1. The lowest BCUT2D eigenvalue weighted by molar-refractivity contribution is -0.117. The minimum Gasteiger partial charge on any atom is -0.496 e. The maximum atomic E-state index is 14.0. The van der Waals surface area contributed by atoms with Gasteiger partial charge in [-0.2, -0.15) is 5.10 Å². The van der Waals surface area contributed by atoms with Crippen molar-refractivity contribution in [2.45, 2.75) is 0 Å². The number of hydrogen-bond acceptors (Lipinski definition) is 5. The fraction of sp³-hybridized carbons (Fsp3) is 0.304. The highest BCUT2D eigenvalue weighted by Crippen LogP contribution is 2.36. The quantitative estimate of drug-likeness (QED) is 0.612. The monoisotopic (exact) mass is 457 g/mol. The Balaban J connectivity index is 1.39. The molecule has 9 heteroatoms. The number of carbonyl (C=O) groups is 1. The van der Waals surface area contributed by atoms with Crippen LogP contribution in [0.1, 0.15) is 0 Å². The van der Waals surface area contributed by atoms with Crippen molar-refractivity contribution in [2.75, 3.05) is 50.1 Å². The molecule has 0 saturated carbocycles. The van der Waals surface area contributed by atoms with Gasteiger partial charge < -0.3 is 15.0 Å². The first-order valence-corrected chi connectivity index (χ1v) is 10.7. The number of nitrogens with zero attached hydrogens (tertiary/aromatic N) is 4. The lowest BCUT2D eigenvalue weighted by Gasteiger charge is -2.35. The fourth-order valence-electron chi connectivity index (χ4n) is 3.94. The molecule has 1 fully saturated rings. The van der Waals surface area contributed by atoms with Gasteiger partial charge in [0.05, 0.1) is 36.3 Å². The molecule has 0 radical (unpaired) electrons. The van der Waals surface area contributed by atoms with E-state index < -0.39 is 0 Å². The summed E-state index contributed by atoms with van der Waals surface area (Å²) in [5, 5.41) is 7.63. The summed E-state index contributed by atoms with van der Waals surface area (Å²) < 4.78 is 21.2. The van der Waals surface area contributed by atoms with Crippen molar-refractivity contribution in [1.29, 1.82) is 0 Å². The van der Waals surface area contributed by atoms with Crippen LogP contribution in [0, 0.1) is 5.82 Å². The predicted molar refractivity (Wildman–Crippen MR) is 124 cm³/mol. The highest BCUT2D eigenvalue weighted by molar-refractivity contribution is 6.33. The lowest BCUT2D eigenvalue weighted by Crippen LogP contribution is -2.48. The Morgan fingerprint density at radius 2 is 1.94 bits per heavy atom. The molecule has 1 aliphatic heterocycles. The Kier molecular flexibility index (Phi) is 6.62. The number of carbonyl (C=O) groups excluding carboxylic acids is 1. The number of piperazine rings is 1. The molecule has 7 nitrogen and oxygen atoms in total. The molecule has 0 spiro atoms. The van der Waals surface area contributed by atoms with Gasteiger partial charge >= 0.3 is 0 Å². The Bertz CT molecular complexity index is 1090. The first-order valence-electron chi connectivity index (χ1n) is 10.3. The van der Waals surface area contributed by atoms with E-state index >= 15 is 0 Å². The van der Waals surface area contributed by atoms with Crippen LogP contribution in [-0.4, -0.2) is 60.4 Å². The van der Waals surface area contributed by atoms with Gasteiger partial charge in [-0.05, 0) is 30.3 Å².